The minimum atomic E-state index is -1.06. The van der Waals surface area contributed by atoms with Gasteiger partial charge < -0.3 is 5.11 Å². The average molecular weight is 144 g/mol. The topological polar surface area (TPSA) is 71.4 Å². The molecular weight excluding hydrogens is 136 g/mol. The number of rotatable bonds is 4. The van der Waals surface area contributed by atoms with E-state index in [9.17, 15) is 14.4 Å². The van der Waals surface area contributed by atoms with Gasteiger partial charge in [0.15, 0.2) is 11.6 Å². The highest BCUT2D eigenvalue weighted by molar-refractivity contribution is 6.36. The number of hydrogen-bond donors (Lipinski definition) is 1. The third-order valence-corrected chi connectivity index (χ3v) is 0.959. The Morgan fingerprint density at radius 3 is 2.00 bits per heavy atom. The average Bonchev–Trinajstić information content (AvgIpc) is 1.82. The van der Waals surface area contributed by atoms with Crippen molar-refractivity contribution in [2.45, 2.75) is 19.8 Å². The van der Waals surface area contributed by atoms with Crippen molar-refractivity contribution >= 4 is 17.5 Å². The predicted molar refractivity (Wildman–Crippen MR) is 32.6 cm³/mol. The lowest BCUT2D eigenvalue weighted by Gasteiger charge is -1.89. The number of carbonyl (C=O) groups is 3. The van der Waals surface area contributed by atoms with Crippen molar-refractivity contribution in [2.75, 3.05) is 0 Å². The molecule has 0 heterocycles. The first-order valence-electron chi connectivity index (χ1n) is 2.79. The third-order valence-electron chi connectivity index (χ3n) is 0.959. The molecule has 0 saturated heterocycles. The minimum absolute atomic E-state index is 0.190. The van der Waals surface area contributed by atoms with Gasteiger partial charge in [0.25, 0.3) is 0 Å². The van der Waals surface area contributed by atoms with Crippen LogP contribution in [0.2, 0.25) is 0 Å². The highest BCUT2D eigenvalue weighted by atomic mass is 16.4. The summed E-state index contributed by atoms with van der Waals surface area (Å²) < 4.78 is 0. The number of aliphatic carboxylic acids is 1. The van der Waals surface area contributed by atoms with Crippen LogP contribution in [0.3, 0.4) is 0 Å². The molecule has 0 amide bonds. The van der Waals surface area contributed by atoms with E-state index in [-0.39, 0.29) is 12.8 Å². The van der Waals surface area contributed by atoms with Gasteiger partial charge in [-0.3, -0.25) is 14.4 Å². The normalized spacial score (nSPS) is 8.90. The summed E-state index contributed by atoms with van der Waals surface area (Å²) in [6.07, 6.45) is -0.455. The maximum absolute atomic E-state index is 10.4. The maximum Gasteiger partial charge on any atom is 0.303 e. The summed E-state index contributed by atoms with van der Waals surface area (Å²) in [5.41, 5.74) is 0. The van der Waals surface area contributed by atoms with Gasteiger partial charge >= 0.3 is 5.97 Å². The smallest absolute Gasteiger partial charge is 0.303 e. The Labute approximate surface area is 57.8 Å². The molecule has 0 saturated carbocycles. The Morgan fingerprint density at radius 1 is 1.20 bits per heavy atom. The fourth-order valence-electron chi connectivity index (χ4n) is 0.396. The van der Waals surface area contributed by atoms with Crippen LogP contribution < -0.4 is 0 Å². The first kappa shape index (κ1) is 8.81. The van der Waals surface area contributed by atoms with Gasteiger partial charge in [0.05, 0.1) is 6.42 Å². The van der Waals surface area contributed by atoms with Gasteiger partial charge in [0, 0.05) is 13.3 Å². The summed E-state index contributed by atoms with van der Waals surface area (Å²) in [6.45, 7) is 1.13. The van der Waals surface area contributed by atoms with E-state index in [1.807, 2.05) is 0 Å². The van der Waals surface area contributed by atoms with Gasteiger partial charge in [-0.25, -0.2) is 0 Å². The first-order valence-corrected chi connectivity index (χ1v) is 2.79. The Bertz CT molecular complexity index is 171. The van der Waals surface area contributed by atoms with Crippen molar-refractivity contribution in [3.8, 4) is 0 Å². The van der Waals surface area contributed by atoms with Crippen molar-refractivity contribution < 1.29 is 19.5 Å². The summed E-state index contributed by atoms with van der Waals surface area (Å²) in [7, 11) is 0. The Kier molecular flexibility index (Phi) is 3.32. The standard InChI is InChI=1S/C6H8O4/c1-4(7)5(8)2-3-6(9)10/h2-3H2,1H3,(H,9,10). The molecule has 0 aromatic rings. The molecule has 0 aliphatic carbocycles. The molecule has 0 spiro atoms. The molecular formula is C6H8O4. The van der Waals surface area contributed by atoms with Gasteiger partial charge in [-0.15, -0.1) is 0 Å². The highest BCUT2D eigenvalue weighted by Crippen LogP contribution is 1.91. The summed E-state index contributed by atoms with van der Waals surface area (Å²) in [4.78, 5) is 30.5. The van der Waals surface area contributed by atoms with E-state index in [0.29, 0.717) is 0 Å². The Hall–Kier alpha value is -1.19. The Morgan fingerprint density at radius 2 is 1.70 bits per heavy atom. The molecule has 0 radical (unpaired) electrons. The predicted octanol–water partition coefficient (Wildman–Crippen LogP) is 0.00930. The molecule has 56 valence electrons. The molecule has 0 fully saturated rings. The summed E-state index contributed by atoms with van der Waals surface area (Å²) in [5.74, 6) is -2.27. The molecule has 0 bridgehead atoms. The van der Waals surface area contributed by atoms with Crippen LogP contribution in [-0.2, 0) is 14.4 Å². The molecule has 1 N–H and O–H groups in total. The maximum atomic E-state index is 10.4. The van der Waals surface area contributed by atoms with Crippen LogP contribution in [0, 0.1) is 0 Å². The van der Waals surface area contributed by atoms with Crippen LogP contribution in [0.15, 0.2) is 0 Å². The zero-order valence-electron chi connectivity index (χ0n) is 5.59. The van der Waals surface area contributed by atoms with Crippen LogP contribution in [-0.4, -0.2) is 22.6 Å². The van der Waals surface area contributed by atoms with E-state index >= 15 is 0 Å². The molecule has 0 aliphatic rings. The van der Waals surface area contributed by atoms with Crippen LogP contribution in [0.1, 0.15) is 19.8 Å². The molecule has 10 heavy (non-hydrogen) atoms. The van der Waals surface area contributed by atoms with Crippen LogP contribution in [0.5, 0.6) is 0 Å². The van der Waals surface area contributed by atoms with E-state index in [2.05, 4.69) is 0 Å². The second-order valence-corrected chi connectivity index (χ2v) is 1.87. The molecule has 0 aliphatic heterocycles. The lowest BCUT2D eigenvalue weighted by atomic mass is 10.2. The van der Waals surface area contributed by atoms with Crippen molar-refractivity contribution in [1.29, 1.82) is 0 Å². The molecule has 0 rings (SSSR count). The van der Waals surface area contributed by atoms with Crippen molar-refractivity contribution in [3.63, 3.8) is 0 Å². The second-order valence-electron chi connectivity index (χ2n) is 1.87. The van der Waals surface area contributed by atoms with E-state index in [1.54, 1.807) is 0 Å². The van der Waals surface area contributed by atoms with Crippen LogP contribution in [0.4, 0.5) is 0 Å². The number of ketones is 2. The van der Waals surface area contributed by atoms with Gasteiger partial charge in [0.2, 0.25) is 0 Å². The monoisotopic (exact) mass is 144 g/mol. The van der Waals surface area contributed by atoms with Gasteiger partial charge in [-0.1, -0.05) is 0 Å². The number of carboxylic acids is 1. The van der Waals surface area contributed by atoms with Crippen molar-refractivity contribution in [3.05, 3.63) is 0 Å². The molecule has 0 unspecified atom stereocenters. The third kappa shape index (κ3) is 3.77. The zero-order valence-corrected chi connectivity index (χ0v) is 5.59. The second kappa shape index (κ2) is 3.76. The minimum Gasteiger partial charge on any atom is -0.481 e. The van der Waals surface area contributed by atoms with Crippen LogP contribution in [0.25, 0.3) is 0 Å². The van der Waals surface area contributed by atoms with Crippen molar-refractivity contribution in [1.82, 2.24) is 0 Å². The van der Waals surface area contributed by atoms with Crippen molar-refractivity contribution in [2.24, 2.45) is 0 Å². The first-order chi connectivity index (χ1) is 4.54. The lowest BCUT2D eigenvalue weighted by molar-refractivity contribution is -0.140. The summed E-state index contributed by atoms with van der Waals surface area (Å²) >= 11 is 0. The van der Waals surface area contributed by atoms with Gasteiger partial charge in [-0.2, -0.15) is 0 Å². The molecule has 0 atom stereocenters. The largest absolute Gasteiger partial charge is 0.481 e. The summed E-state index contributed by atoms with van der Waals surface area (Å²) in [5, 5.41) is 8.08. The van der Waals surface area contributed by atoms with Crippen LogP contribution >= 0.6 is 0 Å². The number of carbonyl (C=O) groups excluding carboxylic acids is 2. The lowest BCUT2D eigenvalue weighted by Crippen LogP contribution is -2.10. The number of Topliss-reactive ketones (excluding diaryl/α,β-unsaturated/α-hetero) is 2. The Balaban J connectivity index is 3.60. The van der Waals surface area contributed by atoms with Gasteiger partial charge in [-0.05, 0) is 0 Å². The number of carboxylic acid groups (broad SMARTS) is 1. The molecule has 4 nitrogen and oxygen atoms in total. The summed E-state index contributed by atoms with van der Waals surface area (Å²) in [6, 6.07) is 0. The van der Waals surface area contributed by atoms with E-state index < -0.39 is 17.5 Å². The highest BCUT2D eigenvalue weighted by Gasteiger charge is 2.08. The molecule has 0 aromatic heterocycles. The molecule has 4 heteroatoms. The van der Waals surface area contributed by atoms with E-state index in [1.165, 1.54) is 0 Å². The van der Waals surface area contributed by atoms with Gasteiger partial charge in [0.1, 0.15) is 0 Å². The zero-order chi connectivity index (χ0) is 8.15. The van der Waals surface area contributed by atoms with E-state index in [4.69, 9.17) is 5.11 Å². The fourth-order valence-corrected chi connectivity index (χ4v) is 0.396. The number of hydrogen-bond acceptors (Lipinski definition) is 3. The molecule has 0 aromatic carbocycles. The van der Waals surface area contributed by atoms with E-state index in [0.717, 1.165) is 6.92 Å². The SMILES string of the molecule is CC(=O)C(=O)CCC(=O)O. The quantitative estimate of drug-likeness (QED) is 0.564. The fraction of sp³-hybridized carbons (Fsp3) is 0.500.